The molecule has 0 unspecified atom stereocenters. The number of rotatable bonds is 2. The number of aryl methyl sites for hydroxylation is 1. The number of aromatic nitrogens is 2. The van der Waals surface area contributed by atoms with Crippen LogP contribution >= 0.6 is 0 Å². The van der Waals surface area contributed by atoms with Crippen molar-refractivity contribution in [3.05, 3.63) is 18.2 Å². The molecule has 0 radical (unpaired) electrons. The van der Waals surface area contributed by atoms with E-state index in [-0.39, 0.29) is 0 Å². The van der Waals surface area contributed by atoms with E-state index in [0.29, 0.717) is 0 Å². The molecular formula is C9H12N2. The molecule has 0 aliphatic carbocycles. The van der Waals surface area contributed by atoms with E-state index in [1.165, 1.54) is 0 Å². The number of aromatic amines is 1. The lowest BCUT2D eigenvalue weighted by Crippen LogP contribution is -1.81. The molecule has 0 fully saturated rings. The van der Waals surface area contributed by atoms with E-state index in [9.17, 15) is 0 Å². The van der Waals surface area contributed by atoms with Crippen LogP contribution in [0.4, 0.5) is 0 Å². The minimum atomic E-state index is 0.915. The fraction of sp³-hybridized carbons (Fsp3) is 0.444. The standard InChI is InChI=1S/C9H12N2/c1-2-3-4-5-6-9-7-10-8-11-9/h7-8H,2,5-6H2,1H3,(H,10,11). The van der Waals surface area contributed by atoms with Gasteiger partial charge in [0.1, 0.15) is 0 Å². The maximum Gasteiger partial charge on any atom is 0.0923 e. The zero-order chi connectivity index (χ0) is 7.94. The Bertz CT molecular complexity index is 238. The number of hydrogen-bond donors (Lipinski definition) is 1. The molecule has 11 heavy (non-hydrogen) atoms. The molecule has 0 amide bonds. The number of imidazole rings is 1. The van der Waals surface area contributed by atoms with Crippen LogP contribution in [0.1, 0.15) is 25.5 Å². The zero-order valence-electron chi connectivity index (χ0n) is 6.72. The lowest BCUT2D eigenvalue weighted by Gasteiger charge is -1.85. The second kappa shape index (κ2) is 4.56. The van der Waals surface area contributed by atoms with Crippen molar-refractivity contribution >= 4 is 0 Å². The molecule has 0 spiro atoms. The lowest BCUT2D eigenvalue weighted by atomic mass is 10.2. The summed E-state index contributed by atoms with van der Waals surface area (Å²) in [6, 6.07) is 0. The first kappa shape index (κ1) is 7.87. The molecule has 0 bridgehead atoms. The summed E-state index contributed by atoms with van der Waals surface area (Å²) in [5.41, 5.74) is 1.09. The van der Waals surface area contributed by atoms with Crippen LogP contribution in [0.25, 0.3) is 0 Å². The van der Waals surface area contributed by atoms with Gasteiger partial charge in [0.25, 0.3) is 0 Å². The van der Waals surface area contributed by atoms with Gasteiger partial charge in [-0.1, -0.05) is 6.92 Å². The zero-order valence-corrected chi connectivity index (χ0v) is 6.72. The molecule has 0 atom stereocenters. The molecule has 0 aromatic carbocycles. The Balaban J connectivity index is 2.24. The van der Waals surface area contributed by atoms with Crippen LogP contribution in [-0.4, -0.2) is 9.97 Å². The highest BCUT2D eigenvalue weighted by molar-refractivity contribution is 5.03. The quantitative estimate of drug-likeness (QED) is 0.636. The van der Waals surface area contributed by atoms with Gasteiger partial charge >= 0.3 is 0 Å². The third kappa shape index (κ3) is 2.90. The maximum absolute atomic E-state index is 4.09. The molecule has 1 rings (SSSR count). The molecule has 1 aromatic rings. The van der Waals surface area contributed by atoms with Gasteiger partial charge in [0.15, 0.2) is 0 Å². The summed E-state index contributed by atoms with van der Waals surface area (Å²) in [5, 5.41) is 0. The van der Waals surface area contributed by atoms with Gasteiger partial charge in [-0.3, -0.25) is 0 Å². The Hall–Kier alpha value is -1.23. The minimum absolute atomic E-state index is 0.915. The summed E-state index contributed by atoms with van der Waals surface area (Å²) in [6.45, 7) is 2.06. The molecule has 58 valence electrons. The molecule has 0 aliphatic rings. The molecule has 0 saturated heterocycles. The molecule has 2 nitrogen and oxygen atoms in total. The van der Waals surface area contributed by atoms with Crippen LogP contribution in [0.5, 0.6) is 0 Å². The fourth-order valence-corrected chi connectivity index (χ4v) is 0.832. The molecule has 0 saturated carbocycles. The Morgan fingerprint density at radius 1 is 1.55 bits per heavy atom. The molecule has 1 heterocycles. The van der Waals surface area contributed by atoms with Crippen molar-refractivity contribution in [3.63, 3.8) is 0 Å². The molecule has 2 heteroatoms. The summed E-state index contributed by atoms with van der Waals surface area (Å²) in [5.74, 6) is 6.09. The van der Waals surface area contributed by atoms with E-state index in [4.69, 9.17) is 0 Å². The second-order valence-electron chi connectivity index (χ2n) is 2.27. The van der Waals surface area contributed by atoms with Crippen LogP contribution in [0, 0.1) is 11.8 Å². The van der Waals surface area contributed by atoms with Crippen molar-refractivity contribution in [1.29, 1.82) is 0 Å². The van der Waals surface area contributed by atoms with E-state index in [1.54, 1.807) is 6.33 Å². The molecule has 1 N–H and O–H groups in total. The smallest absolute Gasteiger partial charge is 0.0923 e. The number of nitrogens with one attached hydrogen (secondary N) is 1. The van der Waals surface area contributed by atoms with Crippen LogP contribution in [0.3, 0.4) is 0 Å². The summed E-state index contributed by atoms with van der Waals surface area (Å²) in [6.07, 6.45) is 6.42. The van der Waals surface area contributed by atoms with Gasteiger partial charge in [-0.05, 0) is 0 Å². The van der Waals surface area contributed by atoms with Gasteiger partial charge in [-0.15, -0.1) is 11.8 Å². The monoisotopic (exact) mass is 148 g/mol. The van der Waals surface area contributed by atoms with Crippen molar-refractivity contribution in [3.8, 4) is 11.8 Å². The van der Waals surface area contributed by atoms with Gasteiger partial charge in [-0.25, -0.2) is 4.98 Å². The first-order valence-electron chi connectivity index (χ1n) is 3.87. The summed E-state index contributed by atoms with van der Waals surface area (Å²) in [7, 11) is 0. The van der Waals surface area contributed by atoms with E-state index in [0.717, 1.165) is 25.0 Å². The van der Waals surface area contributed by atoms with Crippen molar-refractivity contribution in [2.24, 2.45) is 0 Å². The van der Waals surface area contributed by atoms with E-state index in [1.807, 2.05) is 6.20 Å². The van der Waals surface area contributed by atoms with Crippen molar-refractivity contribution < 1.29 is 0 Å². The first-order chi connectivity index (χ1) is 5.43. The van der Waals surface area contributed by atoms with Crippen molar-refractivity contribution in [1.82, 2.24) is 9.97 Å². The summed E-state index contributed by atoms with van der Waals surface area (Å²) in [4.78, 5) is 7.00. The van der Waals surface area contributed by atoms with E-state index < -0.39 is 0 Å². The topological polar surface area (TPSA) is 28.7 Å². The number of H-pyrrole nitrogens is 1. The highest BCUT2D eigenvalue weighted by atomic mass is 14.9. The largest absolute Gasteiger partial charge is 0.351 e. The van der Waals surface area contributed by atoms with Gasteiger partial charge in [0, 0.05) is 25.5 Å². The average molecular weight is 148 g/mol. The number of hydrogen-bond acceptors (Lipinski definition) is 1. The summed E-state index contributed by atoms with van der Waals surface area (Å²) < 4.78 is 0. The average Bonchev–Trinajstić information content (AvgIpc) is 2.50. The van der Waals surface area contributed by atoms with E-state index in [2.05, 4.69) is 28.7 Å². The third-order valence-corrected chi connectivity index (χ3v) is 1.36. The van der Waals surface area contributed by atoms with Gasteiger partial charge in [0.05, 0.1) is 12.0 Å². The SMILES string of the molecule is CCC#CCCc1c[nH]cn1. The highest BCUT2D eigenvalue weighted by Gasteiger charge is 1.89. The number of nitrogens with zero attached hydrogens (tertiary/aromatic N) is 1. The third-order valence-electron chi connectivity index (χ3n) is 1.36. The highest BCUT2D eigenvalue weighted by Crippen LogP contribution is 1.94. The molecule has 0 aliphatic heterocycles. The Kier molecular flexibility index (Phi) is 3.27. The predicted octanol–water partition coefficient (Wildman–Crippen LogP) is 1.76. The predicted molar refractivity (Wildman–Crippen MR) is 45.0 cm³/mol. The van der Waals surface area contributed by atoms with Gasteiger partial charge in [0.2, 0.25) is 0 Å². The molecule has 1 aromatic heterocycles. The minimum Gasteiger partial charge on any atom is -0.351 e. The first-order valence-corrected chi connectivity index (χ1v) is 3.87. The van der Waals surface area contributed by atoms with Crippen molar-refractivity contribution in [2.45, 2.75) is 26.2 Å². The van der Waals surface area contributed by atoms with Crippen LogP contribution < -0.4 is 0 Å². The van der Waals surface area contributed by atoms with Crippen LogP contribution in [0.15, 0.2) is 12.5 Å². The second-order valence-corrected chi connectivity index (χ2v) is 2.27. The summed E-state index contributed by atoms with van der Waals surface area (Å²) >= 11 is 0. The Morgan fingerprint density at radius 2 is 2.45 bits per heavy atom. The van der Waals surface area contributed by atoms with Crippen molar-refractivity contribution in [2.75, 3.05) is 0 Å². The van der Waals surface area contributed by atoms with Gasteiger partial charge < -0.3 is 4.98 Å². The van der Waals surface area contributed by atoms with Crippen LogP contribution in [0.2, 0.25) is 0 Å². The Labute approximate surface area is 67.0 Å². The fourth-order valence-electron chi connectivity index (χ4n) is 0.832. The van der Waals surface area contributed by atoms with E-state index >= 15 is 0 Å². The lowest BCUT2D eigenvalue weighted by molar-refractivity contribution is 0.978. The Morgan fingerprint density at radius 3 is 3.09 bits per heavy atom. The molecular weight excluding hydrogens is 136 g/mol. The maximum atomic E-state index is 4.09. The normalized spacial score (nSPS) is 8.82. The van der Waals surface area contributed by atoms with Crippen LogP contribution in [-0.2, 0) is 6.42 Å². The van der Waals surface area contributed by atoms with Gasteiger partial charge in [-0.2, -0.15) is 0 Å².